The molecule has 1 amide bonds. The molecule has 98 valence electrons. The number of aliphatic hydroxyl groups is 1. The Labute approximate surface area is 111 Å². The van der Waals surface area contributed by atoms with Gasteiger partial charge in [0, 0.05) is 11.3 Å². The fraction of sp³-hybridized carbons (Fsp3) is 0.133. The van der Waals surface area contributed by atoms with Gasteiger partial charge < -0.3 is 16.2 Å². The van der Waals surface area contributed by atoms with Crippen molar-refractivity contribution >= 4 is 11.6 Å². The molecule has 0 fully saturated rings. The minimum Gasteiger partial charge on any atom is -0.398 e. The molecule has 0 radical (unpaired) electrons. The van der Waals surface area contributed by atoms with Gasteiger partial charge in [0.1, 0.15) is 0 Å². The SMILES string of the molecule is Nc1ccccc1[C@@H](CO)NC(=O)c1ccccc1. The maximum atomic E-state index is 12.0. The second-order valence-corrected chi connectivity index (χ2v) is 4.20. The number of para-hydroxylation sites is 1. The number of benzene rings is 2. The molecular formula is C15H16N2O2. The maximum Gasteiger partial charge on any atom is 0.251 e. The molecule has 4 heteroatoms. The number of hydrogen-bond acceptors (Lipinski definition) is 3. The van der Waals surface area contributed by atoms with Gasteiger partial charge in [-0.15, -0.1) is 0 Å². The minimum atomic E-state index is -0.506. The van der Waals surface area contributed by atoms with E-state index in [0.29, 0.717) is 16.8 Å². The van der Waals surface area contributed by atoms with Gasteiger partial charge in [0.15, 0.2) is 0 Å². The monoisotopic (exact) mass is 256 g/mol. The first kappa shape index (κ1) is 13.1. The van der Waals surface area contributed by atoms with Gasteiger partial charge in [-0.3, -0.25) is 4.79 Å². The number of rotatable bonds is 4. The third-order valence-corrected chi connectivity index (χ3v) is 2.90. The molecule has 0 aliphatic rings. The number of anilines is 1. The van der Waals surface area contributed by atoms with E-state index in [9.17, 15) is 9.90 Å². The van der Waals surface area contributed by atoms with Gasteiger partial charge in [0.2, 0.25) is 0 Å². The normalized spacial score (nSPS) is 11.8. The highest BCUT2D eigenvalue weighted by atomic mass is 16.3. The van der Waals surface area contributed by atoms with E-state index in [1.165, 1.54) is 0 Å². The standard InChI is InChI=1S/C15H16N2O2/c16-13-9-5-4-8-12(13)14(10-18)17-15(19)11-6-2-1-3-7-11/h1-9,14,18H,10,16H2,(H,17,19)/t14-/m1/s1. The smallest absolute Gasteiger partial charge is 0.251 e. The number of aliphatic hydroxyl groups excluding tert-OH is 1. The summed E-state index contributed by atoms with van der Waals surface area (Å²) in [4.78, 5) is 12.0. The van der Waals surface area contributed by atoms with Crippen LogP contribution in [0.5, 0.6) is 0 Å². The lowest BCUT2D eigenvalue weighted by molar-refractivity contribution is 0.0916. The molecule has 2 aromatic carbocycles. The van der Waals surface area contributed by atoms with Gasteiger partial charge in [-0.05, 0) is 23.8 Å². The van der Waals surface area contributed by atoms with E-state index in [0.717, 1.165) is 0 Å². The number of carbonyl (C=O) groups is 1. The van der Waals surface area contributed by atoms with Crippen LogP contribution in [-0.2, 0) is 0 Å². The van der Waals surface area contributed by atoms with Crippen LogP contribution in [0.25, 0.3) is 0 Å². The third-order valence-electron chi connectivity index (χ3n) is 2.90. The Balaban J connectivity index is 2.17. The molecule has 0 unspecified atom stereocenters. The van der Waals surface area contributed by atoms with Crippen molar-refractivity contribution in [3.05, 3.63) is 65.7 Å². The summed E-state index contributed by atoms with van der Waals surface area (Å²) in [6, 6.07) is 15.5. The van der Waals surface area contributed by atoms with Crippen molar-refractivity contribution in [3.63, 3.8) is 0 Å². The van der Waals surface area contributed by atoms with Crippen LogP contribution in [0.4, 0.5) is 5.69 Å². The Kier molecular flexibility index (Phi) is 4.15. The fourth-order valence-electron chi connectivity index (χ4n) is 1.88. The van der Waals surface area contributed by atoms with E-state index in [4.69, 9.17) is 5.73 Å². The minimum absolute atomic E-state index is 0.202. The van der Waals surface area contributed by atoms with Crippen molar-refractivity contribution in [2.45, 2.75) is 6.04 Å². The van der Waals surface area contributed by atoms with Crippen molar-refractivity contribution < 1.29 is 9.90 Å². The topological polar surface area (TPSA) is 75.3 Å². The molecule has 19 heavy (non-hydrogen) atoms. The zero-order chi connectivity index (χ0) is 13.7. The van der Waals surface area contributed by atoms with Gasteiger partial charge in [0.05, 0.1) is 12.6 Å². The molecule has 0 aliphatic carbocycles. The second-order valence-electron chi connectivity index (χ2n) is 4.20. The Morgan fingerprint density at radius 1 is 1.11 bits per heavy atom. The lowest BCUT2D eigenvalue weighted by Gasteiger charge is -2.18. The molecule has 0 heterocycles. The van der Waals surface area contributed by atoms with E-state index in [1.807, 2.05) is 18.2 Å². The summed E-state index contributed by atoms with van der Waals surface area (Å²) in [6.45, 7) is -0.202. The van der Waals surface area contributed by atoms with Gasteiger partial charge >= 0.3 is 0 Å². The number of nitrogen functional groups attached to an aromatic ring is 1. The molecule has 2 aromatic rings. The molecule has 0 saturated carbocycles. The highest BCUT2D eigenvalue weighted by Gasteiger charge is 2.16. The number of hydrogen-bond donors (Lipinski definition) is 3. The molecule has 0 spiro atoms. The zero-order valence-electron chi connectivity index (χ0n) is 10.4. The molecule has 4 N–H and O–H groups in total. The van der Waals surface area contributed by atoms with E-state index >= 15 is 0 Å². The first-order valence-corrected chi connectivity index (χ1v) is 6.03. The van der Waals surface area contributed by atoms with Crippen LogP contribution >= 0.6 is 0 Å². The fourth-order valence-corrected chi connectivity index (χ4v) is 1.88. The van der Waals surface area contributed by atoms with Gasteiger partial charge in [-0.25, -0.2) is 0 Å². The van der Waals surface area contributed by atoms with E-state index in [1.54, 1.807) is 36.4 Å². The lowest BCUT2D eigenvalue weighted by Crippen LogP contribution is -2.31. The second kappa shape index (κ2) is 6.02. The number of carbonyl (C=O) groups excluding carboxylic acids is 1. The average Bonchev–Trinajstić information content (AvgIpc) is 2.46. The molecule has 0 aromatic heterocycles. The summed E-state index contributed by atoms with van der Waals surface area (Å²) in [7, 11) is 0. The van der Waals surface area contributed by atoms with Crippen LogP contribution in [0.2, 0.25) is 0 Å². The average molecular weight is 256 g/mol. The predicted molar refractivity (Wildman–Crippen MR) is 74.6 cm³/mol. The Hall–Kier alpha value is -2.33. The summed E-state index contributed by atoms with van der Waals surface area (Å²) < 4.78 is 0. The van der Waals surface area contributed by atoms with Gasteiger partial charge in [-0.2, -0.15) is 0 Å². The molecule has 1 atom stereocenters. The van der Waals surface area contributed by atoms with Crippen LogP contribution < -0.4 is 11.1 Å². The van der Waals surface area contributed by atoms with Crippen molar-refractivity contribution in [2.24, 2.45) is 0 Å². The molecule has 2 rings (SSSR count). The third kappa shape index (κ3) is 3.11. The predicted octanol–water partition coefficient (Wildman–Crippen LogP) is 1.73. The van der Waals surface area contributed by atoms with Crippen molar-refractivity contribution in [3.8, 4) is 0 Å². The first-order valence-electron chi connectivity index (χ1n) is 6.03. The van der Waals surface area contributed by atoms with Crippen LogP contribution in [0.15, 0.2) is 54.6 Å². The zero-order valence-corrected chi connectivity index (χ0v) is 10.4. The van der Waals surface area contributed by atoms with E-state index < -0.39 is 6.04 Å². The molecule has 0 aliphatic heterocycles. The highest BCUT2D eigenvalue weighted by molar-refractivity contribution is 5.94. The quantitative estimate of drug-likeness (QED) is 0.729. The van der Waals surface area contributed by atoms with E-state index in [-0.39, 0.29) is 12.5 Å². The van der Waals surface area contributed by atoms with E-state index in [2.05, 4.69) is 5.32 Å². The largest absolute Gasteiger partial charge is 0.398 e. The first-order chi connectivity index (χ1) is 9.22. The molecule has 0 bridgehead atoms. The van der Waals surface area contributed by atoms with Crippen LogP contribution in [0.1, 0.15) is 22.0 Å². The number of nitrogens with one attached hydrogen (secondary N) is 1. The Morgan fingerprint density at radius 2 is 1.74 bits per heavy atom. The lowest BCUT2D eigenvalue weighted by atomic mass is 10.0. The van der Waals surface area contributed by atoms with Crippen LogP contribution in [0, 0.1) is 0 Å². The Morgan fingerprint density at radius 3 is 2.37 bits per heavy atom. The van der Waals surface area contributed by atoms with Crippen molar-refractivity contribution in [2.75, 3.05) is 12.3 Å². The van der Waals surface area contributed by atoms with Gasteiger partial charge in [0.25, 0.3) is 5.91 Å². The molecule has 4 nitrogen and oxygen atoms in total. The van der Waals surface area contributed by atoms with Crippen LogP contribution in [0.3, 0.4) is 0 Å². The van der Waals surface area contributed by atoms with Crippen LogP contribution in [-0.4, -0.2) is 17.6 Å². The summed E-state index contributed by atoms with van der Waals surface area (Å²) in [5.41, 5.74) is 7.67. The highest BCUT2D eigenvalue weighted by Crippen LogP contribution is 2.20. The molecular weight excluding hydrogens is 240 g/mol. The Bertz CT molecular complexity index is 555. The number of amides is 1. The van der Waals surface area contributed by atoms with Gasteiger partial charge in [-0.1, -0.05) is 36.4 Å². The number of nitrogens with two attached hydrogens (primary N) is 1. The van der Waals surface area contributed by atoms with Crippen molar-refractivity contribution in [1.29, 1.82) is 0 Å². The summed E-state index contributed by atoms with van der Waals surface area (Å²) >= 11 is 0. The summed E-state index contributed by atoms with van der Waals surface area (Å²) in [5.74, 6) is -0.233. The summed E-state index contributed by atoms with van der Waals surface area (Å²) in [5, 5.41) is 12.2. The van der Waals surface area contributed by atoms with Crippen molar-refractivity contribution in [1.82, 2.24) is 5.32 Å². The maximum absolute atomic E-state index is 12.0. The summed E-state index contributed by atoms with van der Waals surface area (Å²) in [6.07, 6.45) is 0. The molecule has 0 saturated heterocycles.